The van der Waals surface area contributed by atoms with Crippen molar-refractivity contribution in [1.82, 2.24) is 14.8 Å². The van der Waals surface area contributed by atoms with Gasteiger partial charge in [-0.05, 0) is 127 Å². The van der Waals surface area contributed by atoms with Crippen molar-refractivity contribution in [3.05, 3.63) is 53.0 Å². The molecule has 2 aromatic carbocycles. The monoisotopic (exact) mass is 803 g/mol. The number of methoxy groups -OCH3 is 1. The van der Waals surface area contributed by atoms with Crippen LogP contribution < -0.4 is 21.0 Å². The van der Waals surface area contributed by atoms with E-state index in [-0.39, 0.29) is 23.9 Å². The predicted octanol–water partition coefficient (Wildman–Crippen LogP) is 4.86. The van der Waals surface area contributed by atoms with Crippen LogP contribution in [0.4, 0.5) is 16.5 Å². The minimum atomic E-state index is -0.632. The first-order valence-electron chi connectivity index (χ1n) is 13.7. The summed E-state index contributed by atoms with van der Waals surface area (Å²) in [5, 5.41) is 6.05. The molecular weight excluding hydrogens is 768 g/mol. The van der Waals surface area contributed by atoms with Crippen LogP contribution in [0.3, 0.4) is 0 Å². The van der Waals surface area contributed by atoms with Crippen LogP contribution in [0.5, 0.6) is 5.75 Å². The summed E-state index contributed by atoms with van der Waals surface area (Å²) in [4.78, 5) is 47.1. The number of likely N-dealkylation sites (tertiary alicyclic amines) is 1. The molecular formula is C29H35I2N5O6. The zero-order valence-electron chi connectivity index (χ0n) is 24.1. The smallest absolute Gasteiger partial charge is 0.411 e. The Bertz CT molecular complexity index is 1480. The van der Waals surface area contributed by atoms with E-state index < -0.39 is 17.8 Å². The number of nitrogens with zero attached hydrogens (tertiary/aromatic N) is 3. The molecule has 0 saturated carbocycles. The molecule has 42 heavy (non-hydrogen) atoms. The third kappa shape index (κ3) is 8.03. The highest BCUT2D eigenvalue weighted by atomic mass is 127. The lowest BCUT2D eigenvalue weighted by Gasteiger charge is -2.24. The highest BCUT2D eigenvalue weighted by molar-refractivity contribution is 14.1. The number of nitrogens with one attached hydrogen (secondary N) is 2. The fourth-order valence-electron chi connectivity index (χ4n) is 4.81. The summed E-state index contributed by atoms with van der Waals surface area (Å²) in [6, 6.07) is 6.76. The van der Waals surface area contributed by atoms with Crippen LogP contribution in [0, 0.1) is 14.1 Å². The number of ether oxygens (including phenoxy) is 2. The van der Waals surface area contributed by atoms with Crippen molar-refractivity contribution in [3.63, 3.8) is 0 Å². The van der Waals surface area contributed by atoms with E-state index in [1.165, 1.54) is 0 Å². The third-order valence-corrected chi connectivity index (χ3v) is 8.67. The van der Waals surface area contributed by atoms with Crippen molar-refractivity contribution in [3.8, 4) is 5.75 Å². The summed E-state index contributed by atoms with van der Waals surface area (Å²) in [6.45, 7) is 3.95. The van der Waals surface area contributed by atoms with Gasteiger partial charge in [-0.15, -0.1) is 0 Å². The van der Waals surface area contributed by atoms with Crippen molar-refractivity contribution in [2.45, 2.75) is 38.6 Å². The Labute approximate surface area is 272 Å². The van der Waals surface area contributed by atoms with Gasteiger partial charge in [0.05, 0.1) is 25.2 Å². The quantitative estimate of drug-likeness (QED) is 0.262. The van der Waals surface area contributed by atoms with E-state index in [0.29, 0.717) is 49.2 Å². The normalized spacial score (nSPS) is 13.8. The number of carbonyl (C=O) groups excluding carboxylic acids is 2. The van der Waals surface area contributed by atoms with Gasteiger partial charge in [0.15, 0.2) is 0 Å². The van der Waals surface area contributed by atoms with Gasteiger partial charge in [-0.2, -0.15) is 4.98 Å². The van der Waals surface area contributed by atoms with Gasteiger partial charge in [0.2, 0.25) is 5.91 Å². The minimum Gasteiger partial charge on any atom is -0.495 e. The zero-order valence-corrected chi connectivity index (χ0v) is 28.4. The minimum absolute atomic E-state index is 0.0212. The number of rotatable bonds is 11. The molecule has 3 aromatic rings. The molecule has 1 aliphatic heterocycles. The molecule has 2 amide bonds. The second-order valence-electron chi connectivity index (χ2n) is 10.4. The van der Waals surface area contributed by atoms with Crippen molar-refractivity contribution in [2.24, 2.45) is 0 Å². The second-order valence-corrected chi connectivity index (χ2v) is 12.7. The number of anilines is 2. The van der Waals surface area contributed by atoms with E-state index in [1.54, 1.807) is 26.2 Å². The van der Waals surface area contributed by atoms with Crippen LogP contribution in [0.1, 0.15) is 30.4 Å². The summed E-state index contributed by atoms with van der Waals surface area (Å²) < 4.78 is 18.2. The van der Waals surface area contributed by atoms with Crippen LogP contribution in [0.15, 0.2) is 33.5 Å². The van der Waals surface area contributed by atoms with E-state index in [0.717, 1.165) is 31.3 Å². The molecule has 2 N–H and O–H groups in total. The number of benzene rings is 2. The molecule has 13 heteroatoms. The summed E-state index contributed by atoms with van der Waals surface area (Å²) in [7, 11) is 5.42. The first kappa shape index (κ1) is 32.3. The third-order valence-electron chi connectivity index (χ3n) is 7.06. The molecule has 0 bridgehead atoms. The van der Waals surface area contributed by atoms with Gasteiger partial charge < -0.3 is 29.0 Å². The Balaban J connectivity index is 1.54. The van der Waals surface area contributed by atoms with E-state index in [4.69, 9.17) is 13.9 Å². The van der Waals surface area contributed by atoms with Crippen LogP contribution in [-0.4, -0.2) is 80.3 Å². The molecule has 1 aliphatic rings. The lowest BCUT2D eigenvalue weighted by atomic mass is 10.0. The predicted molar refractivity (Wildman–Crippen MR) is 179 cm³/mol. The molecule has 0 unspecified atom stereocenters. The Morgan fingerprint density at radius 1 is 1.17 bits per heavy atom. The van der Waals surface area contributed by atoms with Crippen molar-refractivity contribution >= 4 is 79.8 Å². The van der Waals surface area contributed by atoms with E-state index in [1.807, 2.05) is 23.9 Å². The maximum Gasteiger partial charge on any atom is 0.411 e. The van der Waals surface area contributed by atoms with Crippen LogP contribution >= 0.6 is 45.2 Å². The maximum absolute atomic E-state index is 13.5. The lowest BCUT2D eigenvalue weighted by molar-refractivity contribution is -0.131. The van der Waals surface area contributed by atoms with Gasteiger partial charge in [0, 0.05) is 25.3 Å². The maximum atomic E-state index is 13.5. The first-order chi connectivity index (χ1) is 20.1. The number of amides is 2. The van der Waals surface area contributed by atoms with Gasteiger partial charge in [0.1, 0.15) is 18.4 Å². The SMILES string of the molecule is COc1c(I)cc(CC[C@H](Nc2nc3ccc(NC(=O)OCCN(C)C)c(C)c3c(=O)o2)C(=O)N2CCCC2)cc1I. The molecule has 0 spiro atoms. The molecule has 226 valence electrons. The second kappa shape index (κ2) is 14.7. The largest absolute Gasteiger partial charge is 0.495 e. The summed E-state index contributed by atoms with van der Waals surface area (Å²) >= 11 is 4.50. The number of hydrogen-bond donors (Lipinski definition) is 2. The zero-order chi connectivity index (χ0) is 30.4. The van der Waals surface area contributed by atoms with Crippen LogP contribution in [-0.2, 0) is 16.0 Å². The number of likely N-dealkylation sites (N-methyl/N-ethyl adjacent to an activating group) is 1. The Morgan fingerprint density at radius 2 is 1.86 bits per heavy atom. The summed E-state index contributed by atoms with van der Waals surface area (Å²) in [5.74, 6) is 0.790. The van der Waals surface area contributed by atoms with Gasteiger partial charge in [-0.25, -0.2) is 9.59 Å². The highest BCUT2D eigenvalue weighted by Crippen LogP contribution is 2.29. The fraction of sp³-hybridized carbons (Fsp3) is 0.448. The number of hydrogen-bond acceptors (Lipinski definition) is 9. The van der Waals surface area contributed by atoms with Gasteiger partial charge in [-0.1, -0.05) is 0 Å². The number of carbonyl (C=O) groups is 2. The van der Waals surface area contributed by atoms with Crippen molar-refractivity contribution in [1.29, 1.82) is 0 Å². The van der Waals surface area contributed by atoms with Crippen molar-refractivity contribution < 1.29 is 23.5 Å². The molecule has 0 aliphatic carbocycles. The van der Waals surface area contributed by atoms with E-state index in [2.05, 4.69) is 72.9 Å². The molecule has 0 radical (unpaired) electrons. The van der Waals surface area contributed by atoms with E-state index >= 15 is 0 Å². The van der Waals surface area contributed by atoms with Gasteiger partial charge in [0.25, 0.3) is 6.01 Å². The van der Waals surface area contributed by atoms with Crippen molar-refractivity contribution in [2.75, 3.05) is 58.1 Å². The lowest BCUT2D eigenvalue weighted by Crippen LogP contribution is -2.42. The number of halogens is 2. The van der Waals surface area contributed by atoms with Crippen LogP contribution in [0.2, 0.25) is 0 Å². The fourth-order valence-corrected chi connectivity index (χ4v) is 7.15. The average molecular weight is 803 g/mol. The van der Waals surface area contributed by atoms with E-state index in [9.17, 15) is 14.4 Å². The first-order valence-corrected chi connectivity index (χ1v) is 15.8. The molecule has 1 saturated heterocycles. The van der Waals surface area contributed by atoms with Gasteiger partial charge >= 0.3 is 11.7 Å². The number of fused-ring (bicyclic) bond motifs is 1. The Kier molecular flexibility index (Phi) is 11.3. The molecule has 4 rings (SSSR count). The molecule has 1 fully saturated rings. The Hall–Kier alpha value is -2.66. The number of aromatic nitrogens is 1. The summed E-state index contributed by atoms with van der Waals surface area (Å²) in [5.41, 5.74) is 1.80. The molecule has 1 aromatic heterocycles. The van der Waals surface area contributed by atoms with Crippen LogP contribution in [0.25, 0.3) is 10.9 Å². The molecule has 11 nitrogen and oxygen atoms in total. The number of aryl methyl sites for hydroxylation is 2. The standard InChI is InChI=1S/C29H35I2N5O6/c1-17-21(34-29(39)41-14-13-35(2)3)9-10-22-24(17)27(38)42-28(32-22)33-23(26(37)36-11-5-6-12-36)8-7-18-15-19(30)25(40-4)20(31)16-18/h9-10,15-16,23H,5-8,11-14H2,1-4H3,(H,32,33)(H,34,39)/t23-/m0/s1. The topological polar surface area (TPSA) is 126 Å². The molecule has 2 heterocycles. The van der Waals surface area contributed by atoms with Gasteiger partial charge in [-0.3, -0.25) is 10.1 Å². The highest BCUT2D eigenvalue weighted by Gasteiger charge is 2.28. The Morgan fingerprint density at radius 3 is 2.50 bits per heavy atom. The average Bonchev–Trinajstić information content (AvgIpc) is 3.47. The molecule has 1 atom stereocenters. The summed E-state index contributed by atoms with van der Waals surface area (Å²) in [6.07, 6.45) is 2.43.